The number of nitrogens with zero attached hydrogens (tertiary/aromatic N) is 2. The van der Waals surface area contributed by atoms with Crippen molar-refractivity contribution in [2.75, 3.05) is 14.1 Å². The van der Waals surface area contributed by atoms with Gasteiger partial charge in [-0.1, -0.05) is 11.6 Å². The van der Waals surface area contributed by atoms with E-state index in [0.29, 0.717) is 6.04 Å². The third kappa shape index (κ3) is 2.37. The minimum absolute atomic E-state index is 0.568. The lowest BCUT2D eigenvalue weighted by molar-refractivity contribution is -0.654. The number of rotatable bonds is 4. The van der Waals surface area contributed by atoms with Crippen LogP contribution >= 0.6 is 11.6 Å². The van der Waals surface area contributed by atoms with E-state index in [1.807, 2.05) is 25.7 Å². The van der Waals surface area contributed by atoms with E-state index >= 15 is 0 Å². The highest BCUT2D eigenvalue weighted by molar-refractivity contribution is 6.29. The van der Waals surface area contributed by atoms with Gasteiger partial charge in [0.05, 0.1) is 11.1 Å². The van der Waals surface area contributed by atoms with Crippen molar-refractivity contribution in [3.63, 3.8) is 0 Å². The molecule has 0 saturated heterocycles. The van der Waals surface area contributed by atoms with Gasteiger partial charge in [0, 0.05) is 7.05 Å². The van der Waals surface area contributed by atoms with E-state index < -0.39 is 0 Å². The summed E-state index contributed by atoms with van der Waals surface area (Å²) in [6.07, 6.45) is 2.43. The van der Waals surface area contributed by atoms with Crippen molar-refractivity contribution in [2.24, 2.45) is 0 Å². The fraction of sp³-hybridized carbons (Fsp3) is 0.667. The standard InChI is InChI=1S/C9H17ClN3/c1-7(10)9(11-2)13(12(3)4)8-5-6-8/h8,11H,3,5-6H2,1-2,4H3/q+1/b9-7+. The van der Waals surface area contributed by atoms with E-state index in [1.165, 1.54) is 12.8 Å². The maximum Gasteiger partial charge on any atom is 0.176 e. The Balaban J connectivity index is 2.84. The Kier molecular flexibility index (Phi) is 3.20. The van der Waals surface area contributed by atoms with Crippen LogP contribution in [-0.4, -0.2) is 36.5 Å². The molecule has 0 atom stereocenters. The summed E-state index contributed by atoms with van der Waals surface area (Å²) in [5.41, 5.74) is 0. The van der Waals surface area contributed by atoms with Crippen molar-refractivity contribution in [1.82, 2.24) is 10.3 Å². The summed E-state index contributed by atoms with van der Waals surface area (Å²) in [6.45, 7) is 5.76. The Labute approximate surface area is 84.7 Å². The van der Waals surface area contributed by atoms with E-state index in [0.717, 1.165) is 10.9 Å². The molecule has 0 aromatic carbocycles. The molecule has 0 heterocycles. The molecule has 0 aliphatic heterocycles. The van der Waals surface area contributed by atoms with E-state index in [2.05, 4.69) is 17.0 Å². The first-order valence-electron chi connectivity index (χ1n) is 4.45. The van der Waals surface area contributed by atoms with Crippen LogP contribution in [0, 0.1) is 0 Å². The zero-order valence-corrected chi connectivity index (χ0v) is 9.23. The molecule has 13 heavy (non-hydrogen) atoms. The highest BCUT2D eigenvalue weighted by Gasteiger charge is 2.36. The number of hydrazone groups is 1. The molecule has 3 nitrogen and oxygen atoms in total. The number of nitrogens with one attached hydrogen (secondary N) is 1. The number of allylic oxidation sites excluding steroid dienone is 1. The van der Waals surface area contributed by atoms with Gasteiger partial charge in [-0.05, 0) is 19.8 Å². The molecule has 1 fully saturated rings. The largest absolute Gasteiger partial charge is 0.369 e. The molecule has 0 aromatic rings. The first-order chi connectivity index (χ1) is 6.07. The van der Waals surface area contributed by atoms with E-state index in [-0.39, 0.29) is 0 Å². The lowest BCUT2D eigenvalue weighted by Gasteiger charge is -2.20. The third-order valence-corrected chi connectivity index (χ3v) is 2.23. The van der Waals surface area contributed by atoms with Gasteiger partial charge in [-0.2, -0.15) is 0 Å². The summed E-state index contributed by atoms with van der Waals surface area (Å²) in [5, 5.41) is 5.96. The van der Waals surface area contributed by atoms with Crippen LogP contribution in [0.1, 0.15) is 19.8 Å². The number of halogens is 1. The molecular formula is C9H17ClN3+. The second-order valence-electron chi connectivity index (χ2n) is 3.37. The van der Waals surface area contributed by atoms with Crippen LogP contribution in [0.15, 0.2) is 10.9 Å². The molecule has 0 aromatic heterocycles. The first kappa shape index (κ1) is 10.4. The Morgan fingerprint density at radius 1 is 1.62 bits per heavy atom. The van der Waals surface area contributed by atoms with Gasteiger partial charge < -0.3 is 5.32 Å². The van der Waals surface area contributed by atoms with Crippen LogP contribution in [0.25, 0.3) is 0 Å². The molecule has 74 valence electrons. The molecule has 4 heteroatoms. The predicted octanol–water partition coefficient (Wildman–Crippen LogP) is 1.36. The summed E-state index contributed by atoms with van der Waals surface area (Å²) in [5.74, 6) is 0.946. The molecule has 0 bridgehead atoms. The maximum absolute atomic E-state index is 5.98. The Hall–Kier alpha value is -0.700. The van der Waals surface area contributed by atoms with E-state index in [4.69, 9.17) is 11.6 Å². The van der Waals surface area contributed by atoms with Crippen LogP contribution in [0.3, 0.4) is 0 Å². The zero-order valence-electron chi connectivity index (χ0n) is 8.47. The van der Waals surface area contributed by atoms with Crippen molar-refractivity contribution in [3.05, 3.63) is 10.9 Å². The lowest BCUT2D eigenvalue weighted by atomic mass is 10.5. The average molecular weight is 203 g/mol. The van der Waals surface area contributed by atoms with Crippen molar-refractivity contribution in [3.8, 4) is 0 Å². The molecular weight excluding hydrogens is 186 g/mol. The maximum atomic E-state index is 5.98. The van der Waals surface area contributed by atoms with Gasteiger partial charge in [0.15, 0.2) is 19.6 Å². The summed E-state index contributed by atoms with van der Waals surface area (Å²) >= 11 is 5.98. The molecule has 0 unspecified atom stereocenters. The predicted molar refractivity (Wildman–Crippen MR) is 55.8 cm³/mol. The summed E-state index contributed by atoms with van der Waals surface area (Å²) in [7, 11) is 3.80. The van der Waals surface area contributed by atoms with Crippen LogP contribution in [0.5, 0.6) is 0 Å². The summed E-state index contributed by atoms with van der Waals surface area (Å²) in [6, 6.07) is 0.568. The molecule has 0 amide bonds. The van der Waals surface area contributed by atoms with Crippen LogP contribution < -0.4 is 5.32 Å². The SMILES string of the molecule is C=[N+](C)N(/C(NC)=C(\C)Cl)C1CC1. The van der Waals surface area contributed by atoms with Crippen molar-refractivity contribution in [1.29, 1.82) is 0 Å². The average Bonchev–Trinajstić information content (AvgIpc) is 2.80. The highest BCUT2D eigenvalue weighted by atomic mass is 35.5. The van der Waals surface area contributed by atoms with Crippen LogP contribution in [0.2, 0.25) is 0 Å². The normalized spacial score (nSPS) is 17.8. The molecule has 0 radical (unpaired) electrons. The minimum atomic E-state index is 0.568. The van der Waals surface area contributed by atoms with Gasteiger partial charge >= 0.3 is 0 Å². The lowest BCUT2D eigenvalue weighted by Crippen LogP contribution is -2.38. The Bertz CT molecular complexity index is 239. The smallest absolute Gasteiger partial charge is 0.176 e. The molecule has 1 saturated carbocycles. The van der Waals surface area contributed by atoms with E-state index in [9.17, 15) is 0 Å². The third-order valence-electron chi connectivity index (χ3n) is 2.05. The van der Waals surface area contributed by atoms with Crippen molar-refractivity contribution < 1.29 is 4.68 Å². The zero-order chi connectivity index (χ0) is 10.0. The first-order valence-corrected chi connectivity index (χ1v) is 4.83. The van der Waals surface area contributed by atoms with Gasteiger partial charge in [-0.3, -0.25) is 0 Å². The highest BCUT2D eigenvalue weighted by Crippen LogP contribution is 2.30. The monoisotopic (exact) mass is 202 g/mol. The number of hydrogen-bond donors (Lipinski definition) is 1. The van der Waals surface area contributed by atoms with Gasteiger partial charge in [-0.25, -0.2) is 0 Å². The topological polar surface area (TPSA) is 18.3 Å². The Morgan fingerprint density at radius 2 is 2.15 bits per heavy atom. The number of hydrazine groups is 1. The van der Waals surface area contributed by atoms with Crippen LogP contribution in [0.4, 0.5) is 0 Å². The number of hydrogen-bond acceptors (Lipinski definition) is 2. The fourth-order valence-corrected chi connectivity index (χ4v) is 1.58. The quantitative estimate of drug-likeness (QED) is 0.422. The van der Waals surface area contributed by atoms with Gasteiger partial charge in [0.1, 0.15) is 0 Å². The minimum Gasteiger partial charge on any atom is -0.369 e. The van der Waals surface area contributed by atoms with Crippen molar-refractivity contribution >= 4 is 18.3 Å². The van der Waals surface area contributed by atoms with Gasteiger partial charge in [-0.15, -0.1) is 9.69 Å². The summed E-state index contributed by atoms with van der Waals surface area (Å²) in [4.78, 5) is 0. The van der Waals surface area contributed by atoms with Crippen LogP contribution in [-0.2, 0) is 0 Å². The van der Waals surface area contributed by atoms with Gasteiger partial charge in [0.2, 0.25) is 0 Å². The van der Waals surface area contributed by atoms with Crippen molar-refractivity contribution in [2.45, 2.75) is 25.8 Å². The summed E-state index contributed by atoms with van der Waals surface area (Å²) < 4.78 is 1.83. The molecule has 1 N–H and O–H groups in total. The Morgan fingerprint density at radius 3 is 2.38 bits per heavy atom. The van der Waals surface area contributed by atoms with Gasteiger partial charge in [0.25, 0.3) is 0 Å². The second kappa shape index (κ2) is 4.01. The molecule has 1 rings (SSSR count). The fourth-order valence-electron chi connectivity index (χ4n) is 1.40. The molecule has 1 aliphatic carbocycles. The second-order valence-corrected chi connectivity index (χ2v) is 3.93. The molecule has 0 spiro atoms. The molecule has 1 aliphatic rings. The van der Waals surface area contributed by atoms with E-state index in [1.54, 1.807) is 0 Å².